The molecule has 38 heavy (non-hydrogen) atoms. The number of aryl methyl sites for hydroxylation is 3. The molecule has 0 unspecified atom stereocenters. The molecule has 2 N–H and O–H groups in total. The third-order valence-electron chi connectivity index (χ3n) is 6.83. The lowest BCUT2D eigenvalue weighted by Crippen LogP contribution is -2.32. The van der Waals surface area contributed by atoms with Crippen LogP contribution < -0.4 is 10.6 Å². The maximum Gasteiger partial charge on any atom is 0.226 e. The Balaban J connectivity index is 1.42. The van der Waals surface area contributed by atoms with Gasteiger partial charge in [-0.05, 0) is 92.1 Å². The minimum absolute atomic E-state index is 0.0729. The molecule has 2 aromatic carbocycles. The van der Waals surface area contributed by atoms with Crippen LogP contribution in [0.5, 0.6) is 0 Å². The third-order valence-corrected chi connectivity index (χ3v) is 7.42. The van der Waals surface area contributed by atoms with Gasteiger partial charge in [-0.1, -0.05) is 35.9 Å². The van der Waals surface area contributed by atoms with Gasteiger partial charge in [-0.15, -0.1) is 0 Å². The average molecular weight is 545 g/mol. The molecule has 1 aliphatic heterocycles. The van der Waals surface area contributed by atoms with Crippen LogP contribution in [0.4, 0.5) is 5.69 Å². The second-order valence-corrected chi connectivity index (χ2v) is 10.4. The van der Waals surface area contributed by atoms with Gasteiger partial charge in [0.1, 0.15) is 17.6 Å². The summed E-state index contributed by atoms with van der Waals surface area (Å²) in [6.07, 6.45) is 2.03. The van der Waals surface area contributed by atoms with Crippen molar-refractivity contribution in [3.8, 4) is 11.3 Å². The summed E-state index contributed by atoms with van der Waals surface area (Å²) in [6, 6.07) is 21.0. The largest absolute Gasteiger partial charge is 0.459 e. The van der Waals surface area contributed by atoms with Gasteiger partial charge in [-0.2, -0.15) is 0 Å². The Morgan fingerprint density at radius 3 is 2.68 bits per heavy atom. The number of amides is 1. The third kappa shape index (κ3) is 5.44. The van der Waals surface area contributed by atoms with Gasteiger partial charge in [-0.25, -0.2) is 0 Å². The van der Waals surface area contributed by atoms with Gasteiger partial charge in [0, 0.05) is 35.4 Å². The van der Waals surface area contributed by atoms with Crippen LogP contribution in [0.2, 0.25) is 5.02 Å². The van der Waals surface area contributed by atoms with Crippen molar-refractivity contribution in [3.63, 3.8) is 0 Å². The second kappa shape index (κ2) is 11.0. The molecule has 1 fully saturated rings. The molecular weight excluding hydrogens is 516 g/mol. The van der Waals surface area contributed by atoms with Crippen LogP contribution >= 0.6 is 23.8 Å². The normalized spacial score (nSPS) is 16.9. The lowest BCUT2D eigenvalue weighted by molar-refractivity contribution is -0.116. The topological polar surface area (TPSA) is 70.4 Å². The minimum atomic E-state index is -0.279. The summed E-state index contributed by atoms with van der Waals surface area (Å²) in [5.41, 5.74) is 5.79. The highest BCUT2D eigenvalue weighted by atomic mass is 35.5. The number of pyridine rings is 1. The molecule has 0 radical (unpaired) electrons. The van der Waals surface area contributed by atoms with Gasteiger partial charge < -0.3 is 20.0 Å². The van der Waals surface area contributed by atoms with Crippen LogP contribution in [0.15, 0.2) is 77.3 Å². The summed E-state index contributed by atoms with van der Waals surface area (Å²) >= 11 is 12.0. The Morgan fingerprint density at radius 1 is 1.08 bits per heavy atom. The number of nitrogens with one attached hydrogen (secondary N) is 2. The Labute approximate surface area is 233 Å². The zero-order chi connectivity index (χ0) is 26.8. The Hall–Kier alpha value is -3.68. The van der Waals surface area contributed by atoms with E-state index in [0.29, 0.717) is 16.7 Å². The molecule has 1 saturated heterocycles. The summed E-state index contributed by atoms with van der Waals surface area (Å²) in [5, 5.41) is 7.66. The van der Waals surface area contributed by atoms with E-state index in [9.17, 15) is 4.79 Å². The maximum absolute atomic E-state index is 12.9. The van der Waals surface area contributed by atoms with Crippen molar-refractivity contribution in [2.45, 2.75) is 39.3 Å². The summed E-state index contributed by atoms with van der Waals surface area (Å²) in [4.78, 5) is 19.5. The van der Waals surface area contributed by atoms with Crippen LogP contribution in [0.25, 0.3) is 11.3 Å². The summed E-state index contributed by atoms with van der Waals surface area (Å²) < 4.78 is 6.42. The number of thiocarbonyl (C=S) groups is 1. The molecule has 0 saturated carbocycles. The molecule has 0 bridgehead atoms. The zero-order valence-electron chi connectivity index (χ0n) is 21.5. The molecule has 1 aliphatic rings. The summed E-state index contributed by atoms with van der Waals surface area (Å²) in [6.45, 7) is 6.44. The highest BCUT2D eigenvalue weighted by Gasteiger charge is 2.41. The smallest absolute Gasteiger partial charge is 0.226 e. The van der Waals surface area contributed by atoms with E-state index in [1.165, 1.54) is 0 Å². The molecule has 3 heterocycles. The molecule has 2 aromatic heterocycles. The van der Waals surface area contributed by atoms with Gasteiger partial charge in [0.15, 0.2) is 5.11 Å². The van der Waals surface area contributed by atoms with Gasteiger partial charge in [-0.3, -0.25) is 9.78 Å². The highest BCUT2D eigenvalue weighted by molar-refractivity contribution is 7.80. The zero-order valence-corrected chi connectivity index (χ0v) is 23.1. The Morgan fingerprint density at radius 2 is 1.89 bits per heavy atom. The van der Waals surface area contributed by atoms with Gasteiger partial charge >= 0.3 is 0 Å². The highest BCUT2D eigenvalue weighted by Crippen LogP contribution is 2.41. The molecule has 5 rings (SSSR count). The molecule has 0 spiro atoms. The molecule has 6 nitrogen and oxygen atoms in total. The minimum Gasteiger partial charge on any atom is -0.459 e. The SMILES string of the molecule is Cc1ccc(C)c(NC(=O)CCN2C(=S)N[C@@H](c3ccccn3)[C@H]2c2ccc(-c3cc(Cl)ccc3C)o2)c1. The quantitative estimate of drug-likeness (QED) is 0.246. The van der Waals surface area contributed by atoms with Crippen molar-refractivity contribution in [2.24, 2.45) is 0 Å². The van der Waals surface area contributed by atoms with E-state index in [-0.39, 0.29) is 24.4 Å². The number of hydrogen-bond donors (Lipinski definition) is 2. The number of aromatic nitrogens is 1. The van der Waals surface area contributed by atoms with Crippen molar-refractivity contribution < 1.29 is 9.21 Å². The number of rotatable bonds is 7. The monoisotopic (exact) mass is 544 g/mol. The van der Waals surface area contributed by atoms with E-state index < -0.39 is 0 Å². The van der Waals surface area contributed by atoms with Crippen LogP contribution in [0.3, 0.4) is 0 Å². The molecule has 2 atom stereocenters. The Bertz CT molecular complexity index is 1490. The standard InChI is InChI=1S/C30H29ClN4O2S/c1-18-7-8-20(3)24(16-18)33-27(36)13-15-35-29(28(34-30(35)38)23-6-4-5-14-32-23)26-12-11-25(37-26)22-17-21(31)10-9-19(22)2/h4-12,14,16-17,28-29H,13,15H2,1-3H3,(H,33,36)(H,34,38)/t28-,29+/m0/s1. The van der Waals surface area contributed by atoms with E-state index in [4.69, 9.17) is 28.2 Å². The fourth-order valence-electron chi connectivity index (χ4n) is 4.78. The summed E-state index contributed by atoms with van der Waals surface area (Å²) in [5.74, 6) is 1.39. The van der Waals surface area contributed by atoms with Crippen molar-refractivity contribution in [1.82, 2.24) is 15.2 Å². The first-order valence-electron chi connectivity index (χ1n) is 12.5. The van der Waals surface area contributed by atoms with E-state index >= 15 is 0 Å². The fraction of sp³-hybridized carbons (Fsp3) is 0.233. The van der Waals surface area contributed by atoms with Gasteiger partial charge in [0.25, 0.3) is 0 Å². The molecule has 8 heteroatoms. The first-order valence-corrected chi connectivity index (χ1v) is 13.3. The van der Waals surface area contributed by atoms with Crippen LogP contribution in [-0.4, -0.2) is 27.4 Å². The number of carbonyl (C=O) groups excluding carboxylic acids is 1. The van der Waals surface area contributed by atoms with Crippen molar-refractivity contribution >= 4 is 40.5 Å². The van der Waals surface area contributed by atoms with Crippen LogP contribution in [-0.2, 0) is 4.79 Å². The number of benzene rings is 2. The lowest BCUT2D eigenvalue weighted by Gasteiger charge is -2.26. The van der Waals surface area contributed by atoms with E-state index in [0.717, 1.165) is 45.2 Å². The molecule has 1 amide bonds. The predicted molar refractivity (Wildman–Crippen MR) is 155 cm³/mol. The number of halogens is 1. The van der Waals surface area contributed by atoms with Crippen LogP contribution in [0.1, 0.15) is 46.6 Å². The molecule has 0 aliphatic carbocycles. The Kier molecular flexibility index (Phi) is 7.49. The van der Waals surface area contributed by atoms with Crippen molar-refractivity contribution in [3.05, 3.63) is 106 Å². The number of furan rings is 1. The molecule has 194 valence electrons. The van der Waals surface area contributed by atoms with Gasteiger partial charge in [0.2, 0.25) is 5.91 Å². The van der Waals surface area contributed by atoms with Crippen LogP contribution in [0, 0.1) is 20.8 Å². The number of nitrogens with zero attached hydrogens (tertiary/aromatic N) is 2. The van der Waals surface area contributed by atoms with Crippen molar-refractivity contribution in [1.29, 1.82) is 0 Å². The average Bonchev–Trinajstić information content (AvgIpc) is 3.51. The second-order valence-electron chi connectivity index (χ2n) is 9.60. The molecular formula is C30H29ClN4O2S. The number of anilines is 1. The first-order chi connectivity index (χ1) is 18.3. The van der Waals surface area contributed by atoms with Gasteiger partial charge in [0.05, 0.1) is 11.7 Å². The number of carbonyl (C=O) groups is 1. The lowest BCUT2D eigenvalue weighted by atomic mass is 10.0. The molecule has 4 aromatic rings. The van der Waals surface area contributed by atoms with E-state index in [1.807, 2.05) is 92.4 Å². The van der Waals surface area contributed by atoms with E-state index in [1.54, 1.807) is 6.20 Å². The van der Waals surface area contributed by atoms with E-state index in [2.05, 4.69) is 15.6 Å². The first kappa shape index (κ1) is 25.9. The fourth-order valence-corrected chi connectivity index (χ4v) is 5.28. The predicted octanol–water partition coefficient (Wildman–Crippen LogP) is 6.92. The summed E-state index contributed by atoms with van der Waals surface area (Å²) in [7, 11) is 0. The number of hydrogen-bond acceptors (Lipinski definition) is 4. The maximum atomic E-state index is 12.9. The van der Waals surface area contributed by atoms with Crippen molar-refractivity contribution in [2.75, 3.05) is 11.9 Å².